The predicted octanol–water partition coefficient (Wildman–Crippen LogP) is 4.81. The predicted molar refractivity (Wildman–Crippen MR) is 71.7 cm³/mol. The fourth-order valence-corrected chi connectivity index (χ4v) is 1.75. The highest BCUT2D eigenvalue weighted by molar-refractivity contribution is 5.45. The van der Waals surface area contributed by atoms with Crippen LogP contribution in [0.1, 0.15) is 5.56 Å². The number of ether oxygens (including phenoxy) is 1. The summed E-state index contributed by atoms with van der Waals surface area (Å²) >= 11 is 0. The van der Waals surface area contributed by atoms with Crippen LogP contribution in [0, 0.1) is 11.6 Å². The first kappa shape index (κ1) is 17.0. The topological polar surface area (TPSA) is 21.3 Å². The number of alkyl halides is 4. The molecule has 2 rings (SSSR count). The third-order valence-corrected chi connectivity index (χ3v) is 2.82. The minimum atomic E-state index is -4.61. The molecule has 0 saturated carbocycles. The molecule has 23 heavy (non-hydrogen) atoms. The second kappa shape index (κ2) is 6.80. The largest absolute Gasteiger partial charge is 0.461 e. The first-order valence-electron chi connectivity index (χ1n) is 6.41. The fourth-order valence-electron chi connectivity index (χ4n) is 1.75. The summed E-state index contributed by atoms with van der Waals surface area (Å²) in [5.74, 6) is -1.81. The Morgan fingerprint density at radius 3 is 2.48 bits per heavy atom. The molecule has 0 radical (unpaired) electrons. The molecule has 8 heteroatoms. The van der Waals surface area contributed by atoms with Crippen molar-refractivity contribution >= 4 is 5.69 Å². The van der Waals surface area contributed by atoms with Gasteiger partial charge in [0.05, 0.1) is 5.69 Å². The molecular formula is C15H11F6NO. The molecule has 0 heterocycles. The van der Waals surface area contributed by atoms with Crippen molar-refractivity contribution in [3.05, 3.63) is 59.7 Å². The van der Waals surface area contributed by atoms with E-state index in [2.05, 4.69) is 10.1 Å². The van der Waals surface area contributed by atoms with Crippen LogP contribution in [0.3, 0.4) is 0 Å². The molecule has 0 bridgehead atoms. The van der Waals surface area contributed by atoms with E-state index in [-0.39, 0.29) is 12.2 Å². The molecule has 0 aliphatic rings. The third kappa shape index (κ3) is 4.54. The van der Waals surface area contributed by atoms with Crippen molar-refractivity contribution < 1.29 is 31.1 Å². The van der Waals surface area contributed by atoms with Gasteiger partial charge in [0.1, 0.15) is 17.4 Å². The Kier molecular flexibility index (Phi) is 5.02. The van der Waals surface area contributed by atoms with Crippen LogP contribution in [-0.2, 0) is 6.54 Å². The summed E-state index contributed by atoms with van der Waals surface area (Å²) in [5.41, 5.74) is 0.241. The van der Waals surface area contributed by atoms with E-state index < -0.39 is 29.9 Å². The van der Waals surface area contributed by atoms with Crippen molar-refractivity contribution in [2.75, 3.05) is 5.32 Å². The molecule has 2 aromatic carbocycles. The van der Waals surface area contributed by atoms with Crippen molar-refractivity contribution in [2.45, 2.75) is 19.1 Å². The summed E-state index contributed by atoms with van der Waals surface area (Å²) in [6, 6.07) is 7.79. The molecule has 0 amide bonds. The molecule has 0 unspecified atom stereocenters. The third-order valence-electron chi connectivity index (χ3n) is 2.82. The van der Waals surface area contributed by atoms with Gasteiger partial charge in [-0.2, -0.15) is 17.6 Å². The summed E-state index contributed by atoms with van der Waals surface area (Å²) in [5, 5.41) is 2.58. The van der Waals surface area contributed by atoms with Crippen LogP contribution in [0.2, 0.25) is 0 Å². The van der Waals surface area contributed by atoms with Gasteiger partial charge in [-0.3, -0.25) is 0 Å². The van der Waals surface area contributed by atoms with Crippen LogP contribution < -0.4 is 10.1 Å². The molecular weight excluding hydrogens is 324 g/mol. The lowest BCUT2D eigenvalue weighted by atomic mass is 10.2. The van der Waals surface area contributed by atoms with Gasteiger partial charge in [-0.1, -0.05) is 12.1 Å². The van der Waals surface area contributed by atoms with Gasteiger partial charge in [-0.25, -0.2) is 8.78 Å². The van der Waals surface area contributed by atoms with E-state index in [4.69, 9.17) is 0 Å². The highest BCUT2D eigenvalue weighted by Gasteiger charge is 2.43. The lowest BCUT2D eigenvalue weighted by Gasteiger charge is -2.17. The zero-order chi connectivity index (χ0) is 17.0. The Morgan fingerprint density at radius 1 is 1.04 bits per heavy atom. The molecule has 0 aliphatic carbocycles. The second-order valence-electron chi connectivity index (χ2n) is 4.59. The van der Waals surface area contributed by atoms with E-state index >= 15 is 0 Å². The highest BCUT2D eigenvalue weighted by atomic mass is 19.3. The molecule has 1 N–H and O–H groups in total. The summed E-state index contributed by atoms with van der Waals surface area (Å²) < 4.78 is 80.2. The maximum atomic E-state index is 13.4. The maximum absolute atomic E-state index is 13.4. The Bertz CT molecular complexity index is 677. The Balaban J connectivity index is 2.07. The van der Waals surface area contributed by atoms with Crippen molar-refractivity contribution in [3.63, 3.8) is 0 Å². The number of anilines is 1. The van der Waals surface area contributed by atoms with E-state index in [1.807, 2.05) is 0 Å². The highest BCUT2D eigenvalue weighted by Crippen LogP contribution is 2.28. The standard InChI is InChI=1S/C15H11F6NO/c16-10-4-5-12(17)13(7-10)22-8-9-2-1-3-11(6-9)23-15(20,21)14(18)19/h1-7,14,22H,8H2. The number of rotatable bonds is 6. The zero-order valence-electron chi connectivity index (χ0n) is 11.5. The summed E-state index contributed by atoms with van der Waals surface area (Å²) in [4.78, 5) is 0. The lowest BCUT2D eigenvalue weighted by Crippen LogP contribution is -2.33. The molecule has 0 spiro atoms. The number of hydrogen-bond acceptors (Lipinski definition) is 2. The van der Waals surface area contributed by atoms with E-state index in [9.17, 15) is 26.3 Å². The number of benzene rings is 2. The molecule has 0 aliphatic heterocycles. The van der Waals surface area contributed by atoms with Crippen molar-refractivity contribution in [3.8, 4) is 5.75 Å². The average molecular weight is 335 g/mol. The SMILES string of the molecule is Fc1ccc(F)c(NCc2cccc(OC(F)(F)C(F)F)c2)c1. The monoisotopic (exact) mass is 335 g/mol. The summed E-state index contributed by atoms with van der Waals surface area (Å²) in [6.07, 6.45) is -8.58. The van der Waals surface area contributed by atoms with Gasteiger partial charge in [0.2, 0.25) is 0 Å². The van der Waals surface area contributed by atoms with Gasteiger partial charge in [-0.15, -0.1) is 0 Å². The lowest BCUT2D eigenvalue weighted by molar-refractivity contribution is -0.253. The minimum Gasteiger partial charge on any atom is -0.428 e. The number of nitrogens with one attached hydrogen (secondary N) is 1. The van der Waals surface area contributed by atoms with Crippen LogP contribution in [0.15, 0.2) is 42.5 Å². The Morgan fingerprint density at radius 2 is 1.78 bits per heavy atom. The first-order chi connectivity index (χ1) is 10.8. The van der Waals surface area contributed by atoms with E-state index in [0.29, 0.717) is 5.56 Å². The number of halogens is 6. The van der Waals surface area contributed by atoms with E-state index in [1.165, 1.54) is 12.1 Å². The van der Waals surface area contributed by atoms with E-state index in [0.717, 1.165) is 30.3 Å². The summed E-state index contributed by atoms with van der Waals surface area (Å²) in [7, 11) is 0. The van der Waals surface area contributed by atoms with Gasteiger partial charge in [0.25, 0.3) is 0 Å². The van der Waals surface area contributed by atoms with Crippen molar-refractivity contribution in [2.24, 2.45) is 0 Å². The van der Waals surface area contributed by atoms with Crippen LogP contribution >= 0.6 is 0 Å². The van der Waals surface area contributed by atoms with Gasteiger partial charge >= 0.3 is 12.5 Å². The van der Waals surface area contributed by atoms with Crippen molar-refractivity contribution in [1.82, 2.24) is 0 Å². The normalized spacial score (nSPS) is 11.6. The summed E-state index contributed by atoms with van der Waals surface area (Å²) in [6.45, 7) is -0.0438. The Labute approximate surface area is 127 Å². The number of hydrogen-bond donors (Lipinski definition) is 1. The Hall–Kier alpha value is -2.38. The molecule has 0 fully saturated rings. The molecule has 0 aromatic heterocycles. The van der Waals surface area contributed by atoms with Crippen LogP contribution in [0.4, 0.5) is 32.0 Å². The molecule has 124 valence electrons. The van der Waals surface area contributed by atoms with Gasteiger partial charge in [-0.05, 0) is 35.9 Å². The van der Waals surface area contributed by atoms with Gasteiger partial charge < -0.3 is 10.1 Å². The van der Waals surface area contributed by atoms with Crippen molar-refractivity contribution in [1.29, 1.82) is 0 Å². The van der Waals surface area contributed by atoms with Crippen LogP contribution in [-0.4, -0.2) is 12.5 Å². The second-order valence-corrected chi connectivity index (χ2v) is 4.59. The molecule has 2 nitrogen and oxygen atoms in total. The zero-order valence-corrected chi connectivity index (χ0v) is 11.5. The molecule has 2 aromatic rings. The molecule has 0 saturated heterocycles. The quantitative estimate of drug-likeness (QED) is 0.765. The van der Waals surface area contributed by atoms with E-state index in [1.54, 1.807) is 0 Å². The maximum Gasteiger partial charge on any atom is 0.461 e. The first-order valence-corrected chi connectivity index (χ1v) is 6.41. The smallest absolute Gasteiger partial charge is 0.428 e. The van der Waals surface area contributed by atoms with Crippen LogP contribution in [0.5, 0.6) is 5.75 Å². The van der Waals surface area contributed by atoms with Gasteiger partial charge in [0, 0.05) is 6.54 Å². The van der Waals surface area contributed by atoms with Crippen LogP contribution in [0.25, 0.3) is 0 Å². The minimum absolute atomic E-state index is 0.0438. The molecule has 0 atom stereocenters. The average Bonchev–Trinajstić information content (AvgIpc) is 2.48. The van der Waals surface area contributed by atoms with Gasteiger partial charge in [0.15, 0.2) is 0 Å². The fraction of sp³-hybridized carbons (Fsp3) is 0.200.